The van der Waals surface area contributed by atoms with E-state index in [2.05, 4.69) is 4.98 Å². The SMILES string of the molecule is COc1ccc(COC(=O)C2=C(Sc3ccc(Cc4ncco4)cc3)CS[C@@H]3[C@H](N)C(=O)N23)cc1. The third-order valence-electron chi connectivity index (χ3n) is 5.70. The monoisotopic (exact) mass is 509 g/mol. The van der Waals surface area contributed by atoms with Crippen LogP contribution in [0.15, 0.2) is 80.9 Å². The van der Waals surface area contributed by atoms with Crippen molar-refractivity contribution in [2.24, 2.45) is 5.73 Å². The Morgan fingerprint density at radius 2 is 1.94 bits per heavy atom. The van der Waals surface area contributed by atoms with E-state index in [-0.39, 0.29) is 23.6 Å². The molecule has 10 heteroatoms. The lowest BCUT2D eigenvalue weighted by molar-refractivity contribution is -0.151. The third kappa shape index (κ3) is 4.95. The number of ether oxygens (including phenoxy) is 2. The molecule has 2 N–H and O–H groups in total. The van der Waals surface area contributed by atoms with E-state index in [1.807, 2.05) is 36.4 Å². The summed E-state index contributed by atoms with van der Waals surface area (Å²) in [6.45, 7) is 0.0890. The molecule has 2 aliphatic heterocycles. The Balaban J connectivity index is 1.34. The topological polar surface area (TPSA) is 108 Å². The Kier molecular flexibility index (Phi) is 6.85. The molecular formula is C25H23N3O5S2. The number of aromatic nitrogens is 1. The molecule has 2 atom stereocenters. The molecule has 0 saturated carbocycles. The Morgan fingerprint density at radius 3 is 2.63 bits per heavy atom. The molecule has 180 valence electrons. The van der Waals surface area contributed by atoms with E-state index in [1.165, 1.54) is 16.7 Å². The van der Waals surface area contributed by atoms with Crippen LogP contribution in [0, 0.1) is 0 Å². The van der Waals surface area contributed by atoms with Crippen molar-refractivity contribution >= 4 is 35.4 Å². The molecule has 0 bridgehead atoms. The van der Waals surface area contributed by atoms with E-state index >= 15 is 0 Å². The van der Waals surface area contributed by atoms with Crippen LogP contribution in [0.2, 0.25) is 0 Å². The summed E-state index contributed by atoms with van der Waals surface area (Å²) in [5, 5.41) is -0.251. The van der Waals surface area contributed by atoms with E-state index in [9.17, 15) is 9.59 Å². The van der Waals surface area contributed by atoms with Crippen molar-refractivity contribution < 1.29 is 23.5 Å². The quantitative estimate of drug-likeness (QED) is 0.360. The van der Waals surface area contributed by atoms with Crippen molar-refractivity contribution in [3.05, 3.63) is 88.6 Å². The number of β-lactam (4-membered cyclic amide) rings is 1. The summed E-state index contributed by atoms with van der Waals surface area (Å²) in [6, 6.07) is 14.6. The molecule has 2 aliphatic rings. The molecule has 0 unspecified atom stereocenters. The second-order valence-corrected chi connectivity index (χ2v) is 10.3. The molecule has 1 amide bonds. The average Bonchev–Trinajstić information content (AvgIpc) is 3.41. The van der Waals surface area contributed by atoms with Crippen LogP contribution >= 0.6 is 23.5 Å². The van der Waals surface area contributed by atoms with Gasteiger partial charge >= 0.3 is 5.97 Å². The molecule has 3 heterocycles. The highest BCUT2D eigenvalue weighted by Crippen LogP contribution is 2.45. The number of nitrogens with zero attached hydrogens (tertiary/aromatic N) is 2. The van der Waals surface area contributed by atoms with Crippen LogP contribution < -0.4 is 10.5 Å². The predicted octanol–water partition coefficient (Wildman–Crippen LogP) is 3.56. The van der Waals surface area contributed by atoms with Crippen LogP contribution in [0.5, 0.6) is 5.75 Å². The van der Waals surface area contributed by atoms with E-state index < -0.39 is 12.0 Å². The van der Waals surface area contributed by atoms with Gasteiger partial charge in [-0.05, 0) is 35.4 Å². The molecule has 3 aromatic rings. The van der Waals surface area contributed by atoms with Crippen molar-refractivity contribution in [1.29, 1.82) is 0 Å². The number of benzene rings is 2. The first-order valence-corrected chi connectivity index (χ1v) is 12.8. The standard InChI is InChI=1S/C25H23N3O5S2/c1-31-17-6-2-16(3-7-17)13-33-25(30)22-19(14-34-24-21(26)23(29)28(22)24)35-18-8-4-15(5-9-18)12-20-27-10-11-32-20/h2-11,21,24H,12-14,26H2,1H3/t21-,24-/m1/s1. The number of carbonyl (C=O) groups is 2. The molecule has 5 rings (SSSR count). The van der Waals surface area contributed by atoms with Crippen molar-refractivity contribution in [2.75, 3.05) is 12.9 Å². The lowest BCUT2D eigenvalue weighted by atomic mass is 10.1. The summed E-state index contributed by atoms with van der Waals surface area (Å²) in [4.78, 5) is 33.1. The summed E-state index contributed by atoms with van der Waals surface area (Å²) >= 11 is 3.01. The van der Waals surface area contributed by atoms with Crippen LogP contribution in [-0.2, 0) is 27.4 Å². The van der Waals surface area contributed by atoms with Gasteiger partial charge in [-0.1, -0.05) is 36.0 Å². The molecule has 8 nitrogen and oxygen atoms in total. The Morgan fingerprint density at radius 1 is 1.20 bits per heavy atom. The zero-order valence-corrected chi connectivity index (χ0v) is 20.5. The fourth-order valence-corrected chi connectivity index (χ4v) is 6.24. The van der Waals surface area contributed by atoms with Crippen LogP contribution in [-0.4, -0.2) is 46.0 Å². The Bertz CT molecular complexity index is 1240. The van der Waals surface area contributed by atoms with Gasteiger partial charge in [0.15, 0.2) is 5.89 Å². The van der Waals surface area contributed by atoms with Gasteiger partial charge in [-0.15, -0.1) is 11.8 Å². The molecular weight excluding hydrogens is 486 g/mol. The maximum Gasteiger partial charge on any atom is 0.356 e. The number of amides is 1. The highest BCUT2D eigenvalue weighted by Gasteiger charge is 2.52. The third-order valence-corrected chi connectivity index (χ3v) is 8.28. The van der Waals surface area contributed by atoms with Gasteiger partial charge in [0.25, 0.3) is 0 Å². The molecule has 2 aromatic carbocycles. The van der Waals surface area contributed by atoms with Crippen molar-refractivity contribution in [3.8, 4) is 5.75 Å². The predicted molar refractivity (Wildman–Crippen MR) is 132 cm³/mol. The number of hydrogen-bond donors (Lipinski definition) is 1. The molecule has 1 aromatic heterocycles. The summed E-state index contributed by atoms with van der Waals surface area (Å²) in [5.74, 6) is 1.14. The minimum absolute atomic E-state index is 0.0890. The normalized spacial score (nSPS) is 19.3. The molecule has 0 radical (unpaired) electrons. The molecule has 1 saturated heterocycles. The summed E-state index contributed by atoms with van der Waals surface area (Å²) in [7, 11) is 1.59. The number of esters is 1. The second kappa shape index (κ2) is 10.2. The van der Waals surface area contributed by atoms with Gasteiger partial charge in [-0.2, -0.15) is 0 Å². The van der Waals surface area contributed by atoms with Crippen LogP contribution in [0.25, 0.3) is 0 Å². The first-order chi connectivity index (χ1) is 17.0. The van der Waals surface area contributed by atoms with Crippen molar-refractivity contribution in [2.45, 2.75) is 29.3 Å². The summed E-state index contributed by atoms with van der Waals surface area (Å²) in [5.41, 5.74) is 8.15. The number of fused-ring (bicyclic) bond motifs is 1. The van der Waals surface area contributed by atoms with E-state index in [0.717, 1.165) is 26.7 Å². The Labute approximate surface area is 210 Å². The smallest absolute Gasteiger partial charge is 0.356 e. The maximum atomic E-state index is 13.2. The molecule has 0 aliphatic carbocycles. The fourth-order valence-electron chi connectivity index (χ4n) is 3.83. The van der Waals surface area contributed by atoms with Gasteiger partial charge in [0.1, 0.15) is 35.7 Å². The number of rotatable bonds is 8. The highest BCUT2D eigenvalue weighted by molar-refractivity contribution is 8.06. The largest absolute Gasteiger partial charge is 0.497 e. The lowest BCUT2D eigenvalue weighted by Gasteiger charge is -2.48. The van der Waals surface area contributed by atoms with Crippen LogP contribution in [0.1, 0.15) is 17.0 Å². The number of nitrogens with two attached hydrogens (primary N) is 1. The van der Waals surface area contributed by atoms with Crippen LogP contribution in [0.4, 0.5) is 0 Å². The lowest BCUT2D eigenvalue weighted by Crippen LogP contribution is -2.68. The molecule has 0 spiro atoms. The fraction of sp³-hybridized carbons (Fsp3) is 0.240. The van der Waals surface area contributed by atoms with E-state index in [0.29, 0.717) is 18.1 Å². The second-order valence-electron chi connectivity index (χ2n) is 7.98. The number of carbonyl (C=O) groups excluding carboxylic acids is 2. The van der Waals surface area contributed by atoms with Gasteiger partial charge in [-0.25, -0.2) is 9.78 Å². The highest BCUT2D eigenvalue weighted by atomic mass is 32.2. The molecule has 1 fully saturated rings. The summed E-state index contributed by atoms with van der Waals surface area (Å²) < 4.78 is 16.1. The number of thioether (sulfide) groups is 2. The van der Waals surface area contributed by atoms with Gasteiger partial charge in [-0.3, -0.25) is 9.69 Å². The summed E-state index contributed by atoms with van der Waals surface area (Å²) in [6.07, 6.45) is 3.78. The average molecular weight is 510 g/mol. The minimum atomic E-state index is -0.606. The van der Waals surface area contributed by atoms with E-state index in [4.69, 9.17) is 19.6 Å². The number of methoxy groups -OCH3 is 1. The zero-order valence-electron chi connectivity index (χ0n) is 18.9. The maximum absolute atomic E-state index is 13.2. The minimum Gasteiger partial charge on any atom is -0.497 e. The van der Waals surface area contributed by atoms with E-state index in [1.54, 1.807) is 43.5 Å². The van der Waals surface area contributed by atoms with Crippen LogP contribution in [0.3, 0.4) is 0 Å². The zero-order chi connectivity index (χ0) is 24.4. The van der Waals surface area contributed by atoms with Gasteiger partial charge in [0, 0.05) is 22.0 Å². The van der Waals surface area contributed by atoms with Gasteiger partial charge < -0.3 is 19.6 Å². The van der Waals surface area contributed by atoms with Crippen molar-refractivity contribution in [3.63, 3.8) is 0 Å². The van der Waals surface area contributed by atoms with Gasteiger partial charge in [0.2, 0.25) is 5.91 Å². The number of hydrogen-bond acceptors (Lipinski definition) is 9. The van der Waals surface area contributed by atoms with Crippen molar-refractivity contribution in [1.82, 2.24) is 9.88 Å². The Hall–Kier alpha value is -3.21. The number of oxazole rings is 1. The first kappa shape index (κ1) is 23.5. The van der Waals surface area contributed by atoms with Gasteiger partial charge in [0.05, 0.1) is 13.3 Å². The first-order valence-electron chi connectivity index (χ1n) is 10.9. The molecule has 35 heavy (non-hydrogen) atoms.